The first-order chi connectivity index (χ1) is 14.0. The lowest BCUT2D eigenvalue weighted by Gasteiger charge is -2.24. The first-order valence-electron chi connectivity index (χ1n) is 9.26. The predicted octanol–water partition coefficient (Wildman–Crippen LogP) is 5.26. The molecule has 1 heterocycles. The molecule has 7 heteroatoms. The van der Waals surface area contributed by atoms with E-state index < -0.39 is 11.9 Å². The van der Waals surface area contributed by atoms with Crippen molar-refractivity contribution in [2.24, 2.45) is 0 Å². The third-order valence-electron chi connectivity index (χ3n) is 4.74. The van der Waals surface area contributed by atoms with E-state index in [4.69, 9.17) is 9.47 Å². The highest BCUT2D eigenvalue weighted by atomic mass is 16.5. The quantitative estimate of drug-likeness (QED) is 0.384. The Bertz CT molecular complexity index is 1140. The Hall–Kier alpha value is -3.74. The van der Waals surface area contributed by atoms with Crippen molar-refractivity contribution in [3.8, 4) is 17.2 Å². The molecule has 1 aliphatic heterocycles. The zero-order valence-electron chi connectivity index (χ0n) is 15.7. The number of hydrogen-bond donors (Lipinski definition) is 3. The second-order valence-electron chi connectivity index (χ2n) is 6.79. The average molecular weight is 393 g/mol. The number of carboxylic acid groups (broad SMARTS) is 2. The Labute approximate surface area is 166 Å². The maximum atomic E-state index is 11.6. The van der Waals surface area contributed by atoms with Crippen LogP contribution < -0.4 is 14.8 Å². The fourth-order valence-electron chi connectivity index (χ4n) is 3.23. The Morgan fingerprint density at radius 2 is 1.83 bits per heavy atom. The molecule has 1 aliphatic rings. The minimum atomic E-state index is -1.24. The largest absolute Gasteiger partial charge is 0.494 e. The maximum Gasteiger partial charge on any atom is 0.337 e. The van der Waals surface area contributed by atoms with E-state index in [2.05, 4.69) is 12.2 Å². The molecule has 4 rings (SSSR count). The second kappa shape index (κ2) is 7.35. The number of rotatable bonds is 6. The molecule has 0 unspecified atom stereocenters. The summed E-state index contributed by atoms with van der Waals surface area (Å²) >= 11 is 0. The number of fused-ring (bicyclic) bond motifs is 3. The van der Waals surface area contributed by atoms with Gasteiger partial charge >= 0.3 is 11.9 Å². The van der Waals surface area contributed by atoms with Crippen LogP contribution in [0.2, 0.25) is 0 Å². The number of aromatic carboxylic acids is 2. The topological polar surface area (TPSA) is 105 Å². The van der Waals surface area contributed by atoms with Gasteiger partial charge < -0.3 is 25.0 Å². The number of hydrogen-bond acceptors (Lipinski definition) is 5. The molecular formula is C22H19NO6. The van der Waals surface area contributed by atoms with Crippen LogP contribution in [0.3, 0.4) is 0 Å². The summed E-state index contributed by atoms with van der Waals surface area (Å²) in [5, 5.41) is 23.7. The van der Waals surface area contributed by atoms with Crippen LogP contribution in [0.1, 0.15) is 40.5 Å². The smallest absolute Gasteiger partial charge is 0.337 e. The van der Waals surface area contributed by atoms with Crippen LogP contribution >= 0.6 is 0 Å². The fraction of sp³-hybridized carbons (Fsp3) is 0.182. The summed E-state index contributed by atoms with van der Waals surface area (Å²) in [6.07, 6.45) is 2.03. The van der Waals surface area contributed by atoms with Gasteiger partial charge in [0, 0.05) is 0 Å². The lowest BCUT2D eigenvalue weighted by atomic mass is 10.0. The number of carboxylic acids is 2. The van der Waals surface area contributed by atoms with Crippen molar-refractivity contribution in [2.75, 3.05) is 11.9 Å². The zero-order valence-corrected chi connectivity index (χ0v) is 15.7. The van der Waals surface area contributed by atoms with Crippen molar-refractivity contribution in [1.29, 1.82) is 0 Å². The van der Waals surface area contributed by atoms with Crippen LogP contribution in [0, 0.1) is 0 Å². The van der Waals surface area contributed by atoms with Crippen molar-refractivity contribution in [1.82, 2.24) is 0 Å². The second-order valence-corrected chi connectivity index (χ2v) is 6.79. The average Bonchev–Trinajstić information content (AvgIpc) is 2.69. The van der Waals surface area contributed by atoms with Gasteiger partial charge in [0.2, 0.25) is 0 Å². The maximum absolute atomic E-state index is 11.6. The van der Waals surface area contributed by atoms with Gasteiger partial charge in [0.05, 0.1) is 29.1 Å². The van der Waals surface area contributed by atoms with Crippen LogP contribution in [-0.2, 0) is 0 Å². The molecule has 0 spiro atoms. The standard InChI is InChI=1S/C22H19NO6/c1-2-3-6-28-15-5-4-12-9-17-18(10-13(12)7-15)29-19-11-14(21(24)25)8-16(22(26)27)20(19)23-17/h4-5,7-11,23H,2-3,6H2,1H3,(H,24,25)(H,26,27). The molecule has 0 radical (unpaired) electrons. The number of benzene rings is 3. The van der Waals surface area contributed by atoms with Crippen molar-refractivity contribution < 1.29 is 29.3 Å². The van der Waals surface area contributed by atoms with Gasteiger partial charge in [0.25, 0.3) is 0 Å². The first kappa shape index (κ1) is 18.6. The van der Waals surface area contributed by atoms with E-state index >= 15 is 0 Å². The number of carbonyl (C=O) groups is 2. The van der Waals surface area contributed by atoms with Crippen molar-refractivity contribution in [3.63, 3.8) is 0 Å². The van der Waals surface area contributed by atoms with E-state index in [0.29, 0.717) is 18.0 Å². The van der Waals surface area contributed by atoms with Gasteiger partial charge in [-0.3, -0.25) is 0 Å². The van der Waals surface area contributed by atoms with Crippen LogP contribution in [0.4, 0.5) is 11.4 Å². The lowest BCUT2D eigenvalue weighted by molar-refractivity contribution is 0.0696. The van der Waals surface area contributed by atoms with E-state index in [0.717, 1.165) is 35.4 Å². The molecule has 0 atom stereocenters. The van der Waals surface area contributed by atoms with Crippen LogP contribution in [0.25, 0.3) is 10.8 Å². The van der Waals surface area contributed by atoms with Gasteiger partial charge in [-0.05, 0) is 53.6 Å². The predicted molar refractivity (Wildman–Crippen MR) is 108 cm³/mol. The summed E-state index contributed by atoms with van der Waals surface area (Å²) in [6, 6.07) is 11.9. The molecule has 0 bridgehead atoms. The first-order valence-corrected chi connectivity index (χ1v) is 9.26. The molecule has 0 aliphatic carbocycles. The Morgan fingerprint density at radius 3 is 2.55 bits per heavy atom. The molecule has 29 heavy (non-hydrogen) atoms. The Kier molecular flexibility index (Phi) is 4.72. The van der Waals surface area contributed by atoms with Crippen LogP contribution in [-0.4, -0.2) is 28.8 Å². The molecule has 0 saturated carbocycles. The van der Waals surface area contributed by atoms with Crippen LogP contribution in [0.5, 0.6) is 17.2 Å². The highest BCUT2D eigenvalue weighted by molar-refractivity contribution is 6.03. The molecule has 3 N–H and O–H groups in total. The van der Waals surface area contributed by atoms with Gasteiger partial charge in [-0.1, -0.05) is 19.4 Å². The Morgan fingerprint density at radius 1 is 1.00 bits per heavy atom. The number of unbranched alkanes of at least 4 members (excludes halogenated alkanes) is 1. The normalized spacial score (nSPS) is 11.8. The van der Waals surface area contributed by atoms with E-state index in [1.165, 1.54) is 6.07 Å². The highest BCUT2D eigenvalue weighted by Crippen LogP contribution is 2.46. The van der Waals surface area contributed by atoms with E-state index in [1.54, 1.807) is 0 Å². The summed E-state index contributed by atoms with van der Waals surface area (Å²) in [6.45, 7) is 2.75. The van der Waals surface area contributed by atoms with Crippen LogP contribution in [0.15, 0.2) is 42.5 Å². The molecule has 3 aromatic carbocycles. The van der Waals surface area contributed by atoms with Crippen molar-refractivity contribution >= 4 is 34.1 Å². The number of anilines is 2. The van der Waals surface area contributed by atoms with E-state index in [1.807, 2.05) is 30.3 Å². The molecule has 0 saturated heterocycles. The van der Waals surface area contributed by atoms with E-state index in [9.17, 15) is 19.8 Å². The minimum Gasteiger partial charge on any atom is -0.494 e. The third-order valence-corrected chi connectivity index (χ3v) is 4.74. The molecule has 0 amide bonds. The summed E-state index contributed by atoms with van der Waals surface area (Å²) in [7, 11) is 0. The molecule has 0 aromatic heterocycles. The van der Waals surface area contributed by atoms with E-state index in [-0.39, 0.29) is 22.6 Å². The molecule has 148 valence electrons. The molecule has 7 nitrogen and oxygen atoms in total. The SMILES string of the molecule is CCCCOc1ccc2cc3c(cc2c1)Oc1cc(C(=O)O)cc(C(=O)O)c1N3. The number of nitrogens with one attached hydrogen (secondary N) is 1. The van der Waals surface area contributed by atoms with Gasteiger partial charge in [-0.15, -0.1) is 0 Å². The highest BCUT2D eigenvalue weighted by Gasteiger charge is 2.25. The monoisotopic (exact) mass is 393 g/mol. The summed E-state index contributed by atoms with van der Waals surface area (Å²) in [4.78, 5) is 23.0. The van der Waals surface area contributed by atoms with Gasteiger partial charge in [-0.25, -0.2) is 9.59 Å². The molecule has 0 fully saturated rings. The van der Waals surface area contributed by atoms with Gasteiger partial charge in [-0.2, -0.15) is 0 Å². The molecular weight excluding hydrogens is 374 g/mol. The fourth-order valence-corrected chi connectivity index (χ4v) is 3.23. The van der Waals surface area contributed by atoms with Crippen molar-refractivity contribution in [3.05, 3.63) is 53.6 Å². The summed E-state index contributed by atoms with van der Waals surface area (Å²) < 4.78 is 11.6. The third kappa shape index (κ3) is 3.54. The summed E-state index contributed by atoms with van der Waals surface area (Å²) in [5.74, 6) is -1.06. The lowest BCUT2D eigenvalue weighted by Crippen LogP contribution is -2.11. The van der Waals surface area contributed by atoms with Gasteiger partial charge in [0.15, 0.2) is 11.5 Å². The minimum absolute atomic E-state index is 0.154. The zero-order chi connectivity index (χ0) is 20.5. The summed E-state index contributed by atoms with van der Waals surface area (Å²) in [5.41, 5.74) is 0.521. The molecule has 3 aromatic rings. The van der Waals surface area contributed by atoms with Gasteiger partial charge in [0.1, 0.15) is 5.75 Å². The Balaban J connectivity index is 1.74. The van der Waals surface area contributed by atoms with Crippen molar-refractivity contribution in [2.45, 2.75) is 19.8 Å². The number of ether oxygens (including phenoxy) is 2.